The van der Waals surface area contributed by atoms with Crippen LogP contribution in [-0.2, 0) is 0 Å². The predicted molar refractivity (Wildman–Crippen MR) is 56.3 cm³/mol. The van der Waals surface area contributed by atoms with Crippen molar-refractivity contribution >= 4 is 0 Å². The van der Waals surface area contributed by atoms with Crippen LogP contribution < -0.4 is 5.32 Å². The van der Waals surface area contributed by atoms with E-state index in [1.54, 1.807) is 20.8 Å². The fraction of sp³-hybridized carbons (Fsp3) is 1.00. The number of aliphatic hydroxyl groups is 2. The Hall–Kier alpha value is -0.720. The highest BCUT2D eigenvalue weighted by atomic mass is 16.6. The largest absolute Gasteiger partial charge is 0.394 e. The molecule has 0 heterocycles. The molecule has 1 unspecified atom stereocenters. The first-order valence-electron chi connectivity index (χ1n) is 4.95. The summed E-state index contributed by atoms with van der Waals surface area (Å²) in [4.78, 5) is 10.4. The minimum atomic E-state index is -1.35. The van der Waals surface area contributed by atoms with Gasteiger partial charge in [-0.25, -0.2) is 0 Å². The minimum Gasteiger partial charge on any atom is -0.394 e. The van der Waals surface area contributed by atoms with E-state index in [9.17, 15) is 10.1 Å². The molecule has 1 atom stereocenters. The molecule has 0 bridgehead atoms. The summed E-state index contributed by atoms with van der Waals surface area (Å²) in [6.07, 6.45) is 0.241. The standard InChI is InChI=1S/C9H20N2O4/c1-4-9(7-13,11(14)15)5-10-8(2,3)6-12/h10,12-13H,4-7H2,1-3H3. The van der Waals surface area contributed by atoms with Gasteiger partial charge in [-0.3, -0.25) is 10.1 Å². The summed E-state index contributed by atoms with van der Waals surface area (Å²) in [5.41, 5.74) is -1.93. The molecule has 0 saturated heterocycles. The second-order valence-corrected chi connectivity index (χ2v) is 4.39. The number of hydrogen-bond donors (Lipinski definition) is 3. The van der Waals surface area contributed by atoms with Gasteiger partial charge in [-0.2, -0.15) is 0 Å². The summed E-state index contributed by atoms with van der Waals surface area (Å²) < 4.78 is 0. The van der Waals surface area contributed by atoms with E-state index in [-0.39, 0.29) is 19.6 Å². The summed E-state index contributed by atoms with van der Waals surface area (Å²) in [6.45, 7) is 4.56. The molecule has 0 spiro atoms. The van der Waals surface area contributed by atoms with E-state index < -0.39 is 22.6 Å². The molecule has 3 N–H and O–H groups in total. The zero-order chi connectivity index (χ0) is 12.1. The van der Waals surface area contributed by atoms with Crippen molar-refractivity contribution in [2.75, 3.05) is 19.8 Å². The van der Waals surface area contributed by atoms with Gasteiger partial charge in [-0.05, 0) is 13.8 Å². The van der Waals surface area contributed by atoms with Gasteiger partial charge in [0.2, 0.25) is 0 Å². The highest BCUT2D eigenvalue weighted by molar-refractivity contribution is 4.85. The highest BCUT2D eigenvalue weighted by Gasteiger charge is 2.41. The van der Waals surface area contributed by atoms with Crippen LogP contribution in [0.1, 0.15) is 27.2 Å². The van der Waals surface area contributed by atoms with Crippen LogP contribution in [0.4, 0.5) is 0 Å². The average Bonchev–Trinajstić information content (AvgIpc) is 2.20. The van der Waals surface area contributed by atoms with E-state index in [0.717, 1.165) is 0 Å². The molecule has 0 aromatic rings. The van der Waals surface area contributed by atoms with Gasteiger partial charge < -0.3 is 15.5 Å². The number of aliphatic hydroxyl groups excluding tert-OH is 2. The van der Waals surface area contributed by atoms with Gasteiger partial charge in [-0.15, -0.1) is 0 Å². The first kappa shape index (κ1) is 14.3. The van der Waals surface area contributed by atoms with E-state index in [4.69, 9.17) is 10.2 Å². The van der Waals surface area contributed by atoms with E-state index in [1.807, 2.05) is 0 Å². The molecule has 0 aromatic heterocycles. The van der Waals surface area contributed by atoms with Crippen molar-refractivity contribution in [1.29, 1.82) is 0 Å². The molecule has 0 rings (SSSR count). The quantitative estimate of drug-likeness (QED) is 0.406. The highest BCUT2D eigenvalue weighted by Crippen LogP contribution is 2.14. The second kappa shape index (κ2) is 5.39. The Labute approximate surface area is 89.5 Å². The summed E-state index contributed by atoms with van der Waals surface area (Å²) in [5.74, 6) is 0. The maximum absolute atomic E-state index is 10.8. The predicted octanol–water partition coefficient (Wildman–Crippen LogP) is -0.235. The molecule has 0 aliphatic heterocycles. The van der Waals surface area contributed by atoms with Gasteiger partial charge >= 0.3 is 0 Å². The van der Waals surface area contributed by atoms with E-state index in [0.29, 0.717) is 0 Å². The zero-order valence-electron chi connectivity index (χ0n) is 9.49. The van der Waals surface area contributed by atoms with Crippen LogP contribution in [0, 0.1) is 10.1 Å². The van der Waals surface area contributed by atoms with E-state index in [1.165, 1.54) is 0 Å². The zero-order valence-corrected chi connectivity index (χ0v) is 9.49. The fourth-order valence-electron chi connectivity index (χ4n) is 1.00. The van der Waals surface area contributed by atoms with Crippen molar-refractivity contribution in [2.24, 2.45) is 0 Å². The topological polar surface area (TPSA) is 95.6 Å². The van der Waals surface area contributed by atoms with Crippen LogP contribution in [0.5, 0.6) is 0 Å². The molecule has 0 aromatic carbocycles. The van der Waals surface area contributed by atoms with Gasteiger partial charge in [0.1, 0.15) is 6.61 Å². The van der Waals surface area contributed by atoms with Crippen LogP contribution in [0.25, 0.3) is 0 Å². The Morgan fingerprint density at radius 2 is 1.87 bits per heavy atom. The molecule has 0 fully saturated rings. The van der Waals surface area contributed by atoms with Crippen molar-refractivity contribution in [3.63, 3.8) is 0 Å². The molecular formula is C9H20N2O4. The molecule has 0 aliphatic rings. The number of nitrogens with zero attached hydrogens (tertiary/aromatic N) is 1. The normalized spacial score (nSPS) is 16.1. The summed E-state index contributed by atoms with van der Waals surface area (Å²) in [7, 11) is 0. The van der Waals surface area contributed by atoms with Crippen molar-refractivity contribution in [1.82, 2.24) is 5.32 Å². The van der Waals surface area contributed by atoms with E-state index in [2.05, 4.69) is 5.32 Å². The van der Waals surface area contributed by atoms with Gasteiger partial charge in [-0.1, -0.05) is 6.92 Å². The van der Waals surface area contributed by atoms with Crippen molar-refractivity contribution < 1.29 is 15.1 Å². The lowest BCUT2D eigenvalue weighted by atomic mass is 9.96. The molecule has 15 heavy (non-hydrogen) atoms. The number of nitrogens with one attached hydrogen (secondary N) is 1. The lowest BCUT2D eigenvalue weighted by Gasteiger charge is -2.29. The maximum Gasteiger partial charge on any atom is 0.256 e. The van der Waals surface area contributed by atoms with Crippen LogP contribution in [0.3, 0.4) is 0 Å². The molecule has 0 amide bonds. The Morgan fingerprint density at radius 3 is 2.13 bits per heavy atom. The second-order valence-electron chi connectivity index (χ2n) is 4.39. The van der Waals surface area contributed by atoms with Crippen molar-refractivity contribution in [3.05, 3.63) is 10.1 Å². The van der Waals surface area contributed by atoms with Crippen LogP contribution in [0.2, 0.25) is 0 Å². The Morgan fingerprint density at radius 1 is 1.33 bits per heavy atom. The first-order valence-corrected chi connectivity index (χ1v) is 4.95. The Balaban J connectivity index is 4.50. The Kier molecular flexibility index (Phi) is 5.13. The maximum atomic E-state index is 10.8. The monoisotopic (exact) mass is 220 g/mol. The number of hydrogen-bond acceptors (Lipinski definition) is 5. The summed E-state index contributed by atoms with van der Waals surface area (Å²) in [5, 5.41) is 31.8. The third kappa shape index (κ3) is 3.73. The molecular weight excluding hydrogens is 200 g/mol. The summed E-state index contributed by atoms with van der Waals surface area (Å²) in [6, 6.07) is 0. The molecule has 90 valence electrons. The first-order chi connectivity index (χ1) is 6.83. The summed E-state index contributed by atoms with van der Waals surface area (Å²) >= 11 is 0. The third-order valence-electron chi connectivity index (χ3n) is 2.63. The van der Waals surface area contributed by atoms with Crippen molar-refractivity contribution in [2.45, 2.75) is 38.3 Å². The van der Waals surface area contributed by atoms with Crippen LogP contribution in [0.15, 0.2) is 0 Å². The van der Waals surface area contributed by atoms with Gasteiger partial charge in [0.25, 0.3) is 5.54 Å². The Bertz CT molecular complexity index is 214. The number of nitro groups is 1. The molecule has 6 nitrogen and oxygen atoms in total. The molecule has 6 heteroatoms. The average molecular weight is 220 g/mol. The number of rotatable bonds is 7. The molecule has 0 aliphatic carbocycles. The van der Waals surface area contributed by atoms with Crippen LogP contribution in [-0.4, -0.2) is 46.0 Å². The van der Waals surface area contributed by atoms with E-state index >= 15 is 0 Å². The van der Waals surface area contributed by atoms with Gasteiger partial charge in [0, 0.05) is 16.9 Å². The third-order valence-corrected chi connectivity index (χ3v) is 2.63. The fourth-order valence-corrected chi connectivity index (χ4v) is 1.00. The van der Waals surface area contributed by atoms with Gasteiger partial charge in [0.15, 0.2) is 0 Å². The smallest absolute Gasteiger partial charge is 0.256 e. The minimum absolute atomic E-state index is 0.0422. The van der Waals surface area contributed by atoms with Gasteiger partial charge in [0.05, 0.1) is 13.2 Å². The molecule has 0 radical (unpaired) electrons. The SMILES string of the molecule is CCC(CO)(CNC(C)(C)CO)[N+](=O)[O-]. The lowest BCUT2D eigenvalue weighted by Crippen LogP contribution is -2.55. The van der Waals surface area contributed by atoms with Crippen LogP contribution >= 0.6 is 0 Å². The molecule has 0 saturated carbocycles. The lowest BCUT2D eigenvalue weighted by molar-refractivity contribution is -0.572. The van der Waals surface area contributed by atoms with Crippen molar-refractivity contribution in [3.8, 4) is 0 Å².